The van der Waals surface area contributed by atoms with Crippen molar-refractivity contribution in [2.24, 2.45) is 0 Å². The van der Waals surface area contributed by atoms with Gasteiger partial charge in [0.25, 0.3) is 0 Å². The molecule has 0 radical (unpaired) electrons. The number of fused-ring (bicyclic) bond motifs is 1. The molecule has 4 heterocycles. The van der Waals surface area contributed by atoms with E-state index in [0.717, 1.165) is 34.0 Å². The number of methoxy groups -OCH3 is 1. The lowest BCUT2D eigenvalue weighted by atomic mass is 10.3. The molecular formula is C18H19ClN6O3S. The van der Waals surface area contributed by atoms with Crippen LogP contribution in [0.25, 0.3) is 10.2 Å². The summed E-state index contributed by atoms with van der Waals surface area (Å²) in [5.74, 6) is 0.892. The van der Waals surface area contributed by atoms with Gasteiger partial charge in [0, 0.05) is 37.4 Å². The van der Waals surface area contributed by atoms with E-state index in [9.17, 15) is 4.79 Å². The first-order chi connectivity index (χ1) is 14.0. The van der Waals surface area contributed by atoms with Crippen LogP contribution in [-0.2, 0) is 16.0 Å². The van der Waals surface area contributed by atoms with Crippen molar-refractivity contribution in [1.29, 1.82) is 0 Å². The molecule has 4 rings (SSSR count). The molecule has 0 saturated carbocycles. The van der Waals surface area contributed by atoms with Crippen molar-refractivity contribution >= 4 is 50.9 Å². The van der Waals surface area contributed by atoms with Gasteiger partial charge in [-0.1, -0.05) is 0 Å². The van der Waals surface area contributed by atoms with E-state index in [1.54, 1.807) is 11.3 Å². The Hall–Kier alpha value is -2.56. The second kappa shape index (κ2) is 8.44. The third-order valence-electron chi connectivity index (χ3n) is 4.48. The van der Waals surface area contributed by atoms with Gasteiger partial charge in [0.1, 0.15) is 0 Å². The molecule has 0 unspecified atom stereocenters. The summed E-state index contributed by atoms with van der Waals surface area (Å²) < 4.78 is 11.1. The zero-order valence-electron chi connectivity index (χ0n) is 16.0. The van der Waals surface area contributed by atoms with Crippen LogP contribution in [-0.4, -0.2) is 66.4 Å². The summed E-state index contributed by atoms with van der Waals surface area (Å²) in [6.07, 6.45) is 2.91. The van der Waals surface area contributed by atoms with Gasteiger partial charge < -0.3 is 19.3 Å². The zero-order valence-corrected chi connectivity index (χ0v) is 17.5. The average Bonchev–Trinajstić information content (AvgIpc) is 3.15. The lowest BCUT2D eigenvalue weighted by Gasteiger charge is -2.28. The first-order valence-electron chi connectivity index (χ1n) is 8.95. The number of thiophene rings is 1. The Morgan fingerprint density at radius 3 is 2.72 bits per heavy atom. The Kier molecular flexibility index (Phi) is 5.74. The van der Waals surface area contributed by atoms with Crippen LogP contribution in [0.4, 0.5) is 11.8 Å². The van der Waals surface area contributed by atoms with E-state index in [0.29, 0.717) is 31.3 Å². The van der Waals surface area contributed by atoms with Gasteiger partial charge in [-0.3, -0.25) is 0 Å². The molecule has 0 spiro atoms. The predicted molar refractivity (Wildman–Crippen MR) is 111 cm³/mol. The summed E-state index contributed by atoms with van der Waals surface area (Å²) in [7, 11) is 3.21. The molecule has 0 aliphatic carbocycles. The molecule has 0 amide bonds. The van der Waals surface area contributed by atoms with Crippen LogP contribution >= 0.6 is 22.9 Å². The standard InChI is InChI=1S/C18H19ClN6O3S/c1-24(18-20-8-11(9-21-18)16(26)27-2)10-12-7-13-14(29-12)15(23-17(19)22-13)25-3-5-28-6-4-25/h7-9H,3-6,10H2,1-2H3. The highest BCUT2D eigenvalue weighted by Gasteiger charge is 2.20. The Morgan fingerprint density at radius 2 is 2.03 bits per heavy atom. The van der Waals surface area contributed by atoms with Gasteiger partial charge in [-0.2, -0.15) is 4.98 Å². The van der Waals surface area contributed by atoms with E-state index in [2.05, 4.69) is 29.6 Å². The largest absolute Gasteiger partial charge is 0.465 e. The zero-order chi connectivity index (χ0) is 20.4. The third-order valence-corrected chi connectivity index (χ3v) is 5.76. The van der Waals surface area contributed by atoms with E-state index in [1.165, 1.54) is 19.5 Å². The third kappa shape index (κ3) is 4.24. The molecule has 0 N–H and O–H groups in total. The van der Waals surface area contributed by atoms with Crippen molar-refractivity contribution in [3.05, 3.63) is 34.2 Å². The summed E-state index contributed by atoms with van der Waals surface area (Å²) in [4.78, 5) is 34.0. The van der Waals surface area contributed by atoms with Crippen LogP contribution in [0.15, 0.2) is 18.5 Å². The highest BCUT2D eigenvalue weighted by molar-refractivity contribution is 7.19. The van der Waals surface area contributed by atoms with Gasteiger partial charge in [0.05, 0.1) is 42.6 Å². The fourth-order valence-electron chi connectivity index (χ4n) is 3.05. The number of halogens is 1. The van der Waals surface area contributed by atoms with Gasteiger partial charge in [0.15, 0.2) is 5.82 Å². The maximum absolute atomic E-state index is 11.5. The van der Waals surface area contributed by atoms with E-state index in [1.807, 2.05) is 18.0 Å². The van der Waals surface area contributed by atoms with Crippen LogP contribution in [0.2, 0.25) is 5.28 Å². The van der Waals surface area contributed by atoms with Crippen molar-refractivity contribution < 1.29 is 14.3 Å². The fraction of sp³-hybridized carbons (Fsp3) is 0.389. The molecule has 0 aromatic carbocycles. The Balaban J connectivity index is 1.57. The number of nitrogens with zero attached hydrogens (tertiary/aromatic N) is 6. The molecule has 3 aromatic rings. The minimum atomic E-state index is -0.463. The highest BCUT2D eigenvalue weighted by atomic mass is 35.5. The summed E-state index contributed by atoms with van der Waals surface area (Å²) in [5, 5.41) is 0.235. The van der Waals surface area contributed by atoms with Gasteiger partial charge >= 0.3 is 5.97 Å². The van der Waals surface area contributed by atoms with Gasteiger partial charge in [-0.05, 0) is 17.7 Å². The maximum atomic E-state index is 11.5. The minimum Gasteiger partial charge on any atom is -0.465 e. The summed E-state index contributed by atoms with van der Waals surface area (Å²) >= 11 is 7.79. The molecule has 0 bridgehead atoms. The van der Waals surface area contributed by atoms with E-state index < -0.39 is 5.97 Å². The number of hydrogen-bond acceptors (Lipinski definition) is 10. The maximum Gasteiger partial charge on any atom is 0.341 e. The monoisotopic (exact) mass is 434 g/mol. The first kappa shape index (κ1) is 19.7. The Bertz CT molecular complexity index is 1020. The molecule has 9 nitrogen and oxygen atoms in total. The number of carbonyl (C=O) groups is 1. The molecule has 1 aliphatic rings. The summed E-state index contributed by atoms with van der Waals surface area (Å²) in [6.45, 7) is 3.47. The number of anilines is 2. The lowest BCUT2D eigenvalue weighted by Crippen LogP contribution is -2.36. The van der Waals surface area contributed by atoms with E-state index >= 15 is 0 Å². The molecule has 152 valence electrons. The molecule has 1 saturated heterocycles. The summed E-state index contributed by atoms with van der Waals surface area (Å²) in [6, 6.07) is 2.01. The van der Waals surface area contributed by atoms with Crippen molar-refractivity contribution in [3.63, 3.8) is 0 Å². The highest BCUT2D eigenvalue weighted by Crippen LogP contribution is 2.34. The van der Waals surface area contributed by atoms with Crippen molar-refractivity contribution in [3.8, 4) is 0 Å². The van der Waals surface area contributed by atoms with Crippen LogP contribution < -0.4 is 9.80 Å². The van der Waals surface area contributed by atoms with Crippen molar-refractivity contribution in [2.75, 3.05) is 50.3 Å². The lowest BCUT2D eigenvalue weighted by molar-refractivity contribution is 0.0599. The number of aromatic nitrogens is 4. The average molecular weight is 435 g/mol. The number of morpholine rings is 1. The molecule has 0 atom stereocenters. The quantitative estimate of drug-likeness (QED) is 0.443. The number of carbonyl (C=O) groups excluding carboxylic acids is 1. The van der Waals surface area contributed by atoms with Crippen LogP contribution in [0.1, 0.15) is 15.2 Å². The normalized spacial score (nSPS) is 14.2. The number of hydrogen-bond donors (Lipinski definition) is 0. The number of rotatable bonds is 5. The Morgan fingerprint density at radius 1 is 1.31 bits per heavy atom. The Labute approximate surface area is 176 Å². The van der Waals surface area contributed by atoms with E-state index in [4.69, 9.17) is 16.3 Å². The van der Waals surface area contributed by atoms with Crippen LogP contribution in [0.3, 0.4) is 0 Å². The second-order valence-electron chi connectivity index (χ2n) is 6.46. The van der Waals surface area contributed by atoms with Gasteiger partial charge in [-0.25, -0.2) is 19.7 Å². The topological polar surface area (TPSA) is 93.6 Å². The second-order valence-corrected chi connectivity index (χ2v) is 7.94. The van der Waals surface area contributed by atoms with Gasteiger partial charge in [0.2, 0.25) is 11.2 Å². The fourth-order valence-corrected chi connectivity index (χ4v) is 4.39. The number of esters is 1. The molecule has 3 aromatic heterocycles. The molecule has 29 heavy (non-hydrogen) atoms. The summed E-state index contributed by atoms with van der Waals surface area (Å²) in [5.41, 5.74) is 1.13. The SMILES string of the molecule is COC(=O)c1cnc(N(C)Cc2cc3nc(Cl)nc(N4CCOCC4)c3s2)nc1. The molecule has 1 fully saturated rings. The smallest absolute Gasteiger partial charge is 0.341 e. The molecular weight excluding hydrogens is 416 g/mol. The minimum absolute atomic E-state index is 0.235. The number of ether oxygens (including phenoxy) is 2. The molecule has 1 aliphatic heterocycles. The first-order valence-corrected chi connectivity index (χ1v) is 10.1. The molecule has 11 heteroatoms. The van der Waals surface area contributed by atoms with Crippen molar-refractivity contribution in [1.82, 2.24) is 19.9 Å². The van der Waals surface area contributed by atoms with Crippen LogP contribution in [0, 0.1) is 0 Å². The van der Waals surface area contributed by atoms with Gasteiger partial charge in [-0.15, -0.1) is 11.3 Å². The predicted octanol–water partition coefficient (Wildman–Crippen LogP) is 2.39. The van der Waals surface area contributed by atoms with Crippen molar-refractivity contribution in [2.45, 2.75) is 6.54 Å². The van der Waals surface area contributed by atoms with E-state index in [-0.39, 0.29) is 5.28 Å². The van der Waals surface area contributed by atoms with Crippen LogP contribution in [0.5, 0.6) is 0 Å².